The Bertz CT molecular complexity index is 1830. The molecule has 4 aromatic carbocycles. The summed E-state index contributed by atoms with van der Waals surface area (Å²) in [6.07, 6.45) is 5.16. The van der Waals surface area contributed by atoms with Crippen LogP contribution in [-0.4, -0.2) is 36.2 Å². The zero-order valence-corrected chi connectivity index (χ0v) is 22.1. The maximum atomic E-state index is 11.3. The first kappa shape index (κ1) is 25.8. The Morgan fingerprint density at radius 2 is 1.29 bits per heavy atom. The summed E-state index contributed by atoms with van der Waals surface area (Å²) in [6, 6.07) is 16.4. The lowest BCUT2D eigenvalue weighted by Crippen LogP contribution is -2.25. The molecule has 6 N–H and O–H groups in total. The fraction of sp³-hybridized carbons (Fsp3) is 0.0909. The molecule has 8 heteroatoms. The normalized spacial score (nSPS) is 15.2. The Morgan fingerprint density at radius 1 is 0.634 bits per heavy atom. The van der Waals surface area contributed by atoms with Crippen LogP contribution < -0.4 is 9.47 Å². The Morgan fingerprint density at radius 3 is 2.00 bits per heavy atom. The van der Waals surface area contributed by atoms with Crippen LogP contribution in [0, 0.1) is 0 Å². The molecule has 0 saturated heterocycles. The first-order chi connectivity index (χ1) is 19.5. The maximum Gasteiger partial charge on any atom is 0.146 e. The summed E-state index contributed by atoms with van der Waals surface area (Å²) in [6.45, 7) is 3.70. The number of ether oxygens (including phenoxy) is 2. The van der Waals surface area contributed by atoms with E-state index in [-0.39, 0.29) is 40.3 Å². The van der Waals surface area contributed by atoms with Crippen molar-refractivity contribution in [3.05, 3.63) is 101 Å². The van der Waals surface area contributed by atoms with Crippen LogP contribution in [0.3, 0.4) is 0 Å². The molecule has 206 valence electrons. The van der Waals surface area contributed by atoms with Gasteiger partial charge < -0.3 is 40.1 Å². The van der Waals surface area contributed by atoms with E-state index >= 15 is 0 Å². The van der Waals surface area contributed by atoms with Crippen LogP contribution >= 0.6 is 0 Å². The summed E-state index contributed by atoms with van der Waals surface area (Å²) in [5, 5.41) is 62.1. The molecule has 0 bridgehead atoms. The molecule has 6 rings (SSSR count). The average Bonchev–Trinajstić information content (AvgIpc) is 2.99. The van der Waals surface area contributed by atoms with Gasteiger partial charge in [0.15, 0.2) is 0 Å². The number of fused-ring (bicyclic) bond motifs is 5. The van der Waals surface area contributed by atoms with E-state index in [4.69, 9.17) is 9.47 Å². The van der Waals surface area contributed by atoms with Crippen LogP contribution in [0.2, 0.25) is 0 Å². The van der Waals surface area contributed by atoms with Crippen molar-refractivity contribution in [2.45, 2.75) is 19.4 Å². The summed E-state index contributed by atoms with van der Waals surface area (Å²) >= 11 is 0. The maximum absolute atomic E-state index is 11.3. The first-order valence-corrected chi connectivity index (χ1v) is 12.8. The van der Waals surface area contributed by atoms with Gasteiger partial charge in [0.25, 0.3) is 0 Å². The molecule has 2 aliphatic heterocycles. The minimum absolute atomic E-state index is 0.00806. The number of hydrogen-bond acceptors (Lipinski definition) is 8. The van der Waals surface area contributed by atoms with Gasteiger partial charge in [0, 0.05) is 40.5 Å². The molecule has 0 aliphatic carbocycles. The smallest absolute Gasteiger partial charge is 0.146 e. The van der Waals surface area contributed by atoms with Gasteiger partial charge in [-0.3, -0.25) is 0 Å². The zero-order chi connectivity index (χ0) is 29.1. The van der Waals surface area contributed by atoms with Crippen molar-refractivity contribution in [2.75, 3.05) is 0 Å². The Hall–Kier alpha value is -5.50. The van der Waals surface area contributed by atoms with E-state index in [9.17, 15) is 30.6 Å². The Labute approximate surface area is 235 Å². The third-order valence-electron chi connectivity index (χ3n) is 6.88. The molecule has 41 heavy (non-hydrogen) atoms. The molecule has 4 aromatic rings. The van der Waals surface area contributed by atoms with Crippen molar-refractivity contribution in [3.63, 3.8) is 0 Å². The number of phenolic OH excluding ortho intramolecular Hbond substituents is 6. The van der Waals surface area contributed by atoms with Crippen LogP contribution in [-0.2, 0) is 0 Å². The first-order valence-electron chi connectivity index (χ1n) is 12.8. The zero-order valence-electron chi connectivity index (χ0n) is 22.1. The van der Waals surface area contributed by atoms with Gasteiger partial charge in [0.1, 0.15) is 57.4 Å². The lowest BCUT2D eigenvalue weighted by molar-refractivity contribution is 0.163. The molecule has 0 radical (unpaired) electrons. The van der Waals surface area contributed by atoms with Gasteiger partial charge in [-0.15, -0.1) is 0 Å². The van der Waals surface area contributed by atoms with Gasteiger partial charge in [0.2, 0.25) is 0 Å². The van der Waals surface area contributed by atoms with E-state index in [2.05, 4.69) is 0 Å². The van der Waals surface area contributed by atoms with E-state index in [1.165, 1.54) is 42.5 Å². The van der Waals surface area contributed by atoms with Crippen molar-refractivity contribution in [3.8, 4) is 46.0 Å². The average molecular weight is 551 g/mol. The second kappa shape index (κ2) is 9.31. The van der Waals surface area contributed by atoms with Crippen molar-refractivity contribution in [1.82, 2.24) is 0 Å². The minimum Gasteiger partial charge on any atom is -0.508 e. The van der Waals surface area contributed by atoms with Gasteiger partial charge in [0.05, 0.1) is 11.1 Å². The summed E-state index contributed by atoms with van der Waals surface area (Å²) < 4.78 is 12.7. The largest absolute Gasteiger partial charge is 0.508 e. The quantitative estimate of drug-likeness (QED) is 0.157. The van der Waals surface area contributed by atoms with E-state index in [0.717, 1.165) is 0 Å². The van der Waals surface area contributed by atoms with Gasteiger partial charge in [-0.25, -0.2) is 0 Å². The number of phenols is 6. The minimum atomic E-state index is -0.877. The number of aromatic hydroxyl groups is 6. The molecule has 0 unspecified atom stereocenters. The van der Waals surface area contributed by atoms with Gasteiger partial charge >= 0.3 is 0 Å². The van der Waals surface area contributed by atoms with Crippen molar-refractivity contribution in [1.29, 1.82) is 0 Å². The van der Waals surface area contributed by atoms with Crippen LogP contribution in [0.5, 0.6) is 46.0 Å². The third kappa shape index (κ3) is 4.65. The van der Waals surface area contributed by atoms with Crippen LogP contribution in [0.1, 0.15) is 41.7 Å². The lowest BCUT2D eigenvalue weighted by Gasteiger charge is -2.28. The number of rotatable bonds is 3. The number of allylic oxidation sites excluding steroid dienone is 2. The Kier molecular flexibility index (Phi) is 5.85. The summed E-state index contributed by atoms with van der Waals surface area (Å²) in [7, 11) is 0. The number of hydrogen-bond donors (Lipinski definition) is 6. The predicted molar refractivity (Wildman–Crippen MR) is 155 cm³/mol. The van der Waals surface area contributed by atoms with E-state index in [1.807, 2.05) is 19.9 Å². The highest BCUT2D eigenvalue weighted by Crippen LogP contribution is 2.55. The van der Waals surface area contributed by atoms with Gasteiger partial charge in [-0.2, -0.15) is 0 Å². The van der Waals surface area contributed by atoms with Crippen molar-refractivity contribution >= 4 is 29.1 Å². The summed E-state index contributed by atoms with van der Waals surface area (Å²) in [5.74, 6) is 0.361. The topological polar surface area (TPSA) is 140 Å². The monoisotopic (exact) mass is 550 g/mol. The molecule has 8 nitrogen and oxygen atoms in total. The molecule has 2 aliphatic rings. The van der Waals surface area contributed by atoms with Crippen molar-refractivity contribution in [2.24, 2.45) is 0 Å². The predicted octanol–water partition coefficient (Wildman–Crippen LogP) is 6.61. The van der Waals surface area contributed by atoms with Gasteiger partial charge in [-0.1, -0.05) is 12.2 Å². The van der Waals surface area contributed by atoms with E-state index in [1.54, 1.807) is 36.4 Å². The standard InChI is InChI=1S/C33H26O8/c1-33(2)16-24-30(23-10-8-21(36)15-28(23)41-33)32(22-9-7-20(35)14-26(22)38)40-29-12-17(11-27(39)31(24)29)3-4-18-5-6-19(34)13-25(18)37/h3-16,34-39H,1-2H3/b4-3-. The van der Waals surface area contributed by atoms with Crippen LogP contribution in [0.15, 0.2) is 72.8 Å². The summed E-state index contributed by atoms with van der Waals surface area (Å²) in [5.41, 5.74) is 2.52. The second-order valence-corrected chi connectivity index (χ2v) is 10.4. The number of benzene rings is 4. The van der Waals surface area contributed by atoms with Crippen LogP contribution in [0.4, 0.5) is 0 Å². The molecule has 2 heterocycles. The highest BCUT2D eigenvalue weighted by Gasteiger charge is 2.37. The molecular formula is C33H26O8. The molecule has 0 saturated carbocycles. The Balaban J connectivity index is 1.59. The fourth-order valence-electron chi connectivity index (χ4n) is 5.11. The SMILES string of the molecule is CC1(C)C=C2C(=C(c3ccc(O)cc3O)Oc3cc(/C=C\c4ccc(O)cc4O)cc(O)c32)c2ccc(O)cc2O1. The summed E-state index contributed by atoms with van der Waals surface area (Å²) in [4.78, 5) is 0. The molecule has 0 amide bonds. The molecule has 0 aromatic heterocycles. The lowest BCUT2D eigenvalue weighted by atomic mass is 9.84. The van der Waals surface area contributed by atoms with E-state index in [0.29, 0.717) is 50.5 Å². The second-order valence-electron chi connectivity index (χ2n) is 10.4. The third-order valence-corrected chi connectivity index (χ3v) is 6.88. The molecule has 0 spiro atoms. The highest BCUT2D eigenvalue weighted by molar-refractivity contribution is 6.19. The molecule has 0 atom stereocenters. The van der Waals surface area contributed by atoms with E-state index < -0.39 is 5.60 Å². The van der Waals surface area contributed by atoms with Gasteiger partial charge in [-0.05, 0) is 74.0 Å². The highest BCUT2D eigenvalue weighted by atomic mass is 16.5. The molecule has 0 fully saturated rings. The fourth-order valence-corrected chi connectivity index (χ4v) is 5.11. The van der Waals surface area contributed by atoms with Crippen LogP contribution in [0.25, 0.3) is 29.1 Å². The van der Waals surface area contributed by atoms with Crippen molar-refractivity contribution < 1.29 is 40.1 Å². The molecular weight excluding hydrogens is 524 g/mol.